The van der Waals surface area contributed by atoms with Crippen LogP contribution in [0.15, 0.2) is 29.3 Å². The number of nitrogens with one attached hydrogen (secondary N) is 2. The second kappa shape index (κ2) is 13.4. The van der Waals surface area contributed by atoms with Crippen LogP contribution in [0.25, 0.3) is 0 Å². The van der Waals surface area contributed by atoms with Crippen molar-refractivity contribution in [3.05, 3.63) is 29.8 Å². The number of carbonyl (C=O) groups is 2. The van der Waals surface area contributed by atoms with Gasteiger partial charge in [-0.05, 0) is 30.5 Å². The topological polar surface area (TPSA) is 86.3 Å². The average molecular weight is 545 g/mol. The number of piperidine rings is 1. The Labute approximate surface area is 202 Å². The van der Waals surface area contributed by atoms with Crippen LogP contribution in [0.1, 0.15) is 32.3 Å². The molecular formula is C22H36IN5O3. The van der Waals surface area contributed by atoms with E-state index in [4.69, 9.17) is 4.74 Å². The van der Waals surface area contributed by atoms with Crippen molar-refractivity contribution in [2.45, 2.75) is 39.3 Å². The standard InChI is InChI=1S/C22H35N5O3.HI/c1-16(2)21(29)27-12-10-18(11-13-27)25-22(24-15-20(28)26(3)4)23-14-17-6-8-19(30-5)9-7-17;/h6-9,16,18H,10-15H2,1-5H3,(H2,23,24,25);1H. The number of aliphatic imine (C=N–C) groups is 1. The Balaban J connectivity index is 0.00000480. The fourth-order valence-electron chi connectivity index (χ4n) is 3.17. The molecule has 2 N–H and O–H groups in total. The fourth-order valence-corrected chi connectivity index (χ4v) is 3.17. The van der Waals surface area contributed by atoms with Gasteiger partial charge in [0.05, 0.1) is 20.2 Å². The zero-order chi connectivity index (χ0) is 22.1. The second-order valence-corrected chi connectivity index (χ2v) is 8.05. The van der Waals surface area contributed by atoms with Crippen LogP contribution in [0.5, 0.6) is 5.75 Å². The summed E-state index contributed by atoms with van der Waals surface area (Å²) in [5.41, 5.74) is 1.05. The summed E-state index contributed by atoms with van der Waals surface area (Å²) in [4.78, 5) is 32.3. The van der Waals surface area contributed by atoms with E-state index in [9.17, 15) is 9.59 Å². The number of methoxy groups -OCH3 is 1. The van der Waals surface area contributed by atoms with E-state index >= 15 is 0 Å². The Morgan fingerprint density at radius 2 is 1.81 bits per heavy atom. The maximum absolute atomic E-state index is 12.2. The number of halogens is 1. The molecule has 0 atom stereocenters. The molecule has 0 aromatic heterocycles. The zero-order valence-electron chi connectivity index (χ0n) is 19.2. The lowest BCUT2D eigenvalue weighted by Gasteiger charge is -2.34. The molecule has 174 valence electrons. The van der Waals surface area contributed by atoms with Crippen LogP contribution in [0.3, 0.4) is 0 Å². The first-order valence-electron chi connectivity index (χ1n) is 10.5. The molecule has 0 aliphatic carbocycles. The molecule has 2 rings (SSSR count). The van der Waals surface area contributed by atoms with E-state index in [1.165, 1.54) is 0 Å². The molecule has 1 aromatic rings. The van der Waals surface area contributed by atoms with E-state index < -0.39 is 0 Å². The third-order valence-electron chi connectivity index (χ3n) is 5.13. The molecule has 9 heteroatoms. The maximum Gasteiger partial charge on any atom is 0.241 e. The lowest BCUT2D eigenvalue weighted by Crippen LogP contribution is -2.51. The minimum Gasteiger partial charge on any atom is -0.497 e. The number of nitrogens with zero attached hydrogens (tertiary/aromatic N) is 3. The zero-order valence-corrected chi connectivity index (χ0v) is 21.5. The highest BCUT2D eigenvalue weighted by Gasteiger charge is 2.24. The number of ether oxygens (including phenoxy) is 1. The first-order valence-corrected chi connectivity index (χ1v) is 10.5. The van der Waals surface area contributed by atoms with Gasteiger partial charge in [0.25, 0.3) is 0 Å². The first kappa shape index (κ1) is 27.0. The average Bonchev–Trinajstić information content (AvgIpc) is 2.75. The quantitative estimate of drug-likeness (QED) is 0.312. The number of guanidine groups is 1. The molecule has 8 nitrogen and oxygen atoms in total. The fraction of sp³-hybridized carbons (Fsp3) is 0.591. The molecule has 1 saturated heterocycles. The lowest BCUT2D eigenvalue weighted by atomic mass is 10.0. The van der Waals surface area contributed by atoms with Gasteiger partial charge in [0, 0.05) is 39.1 Å². The Kier molecular flexibility index (Phi) is 11.7. The third kappa shape index (κ3) is 8.92. The Hall–Kier alpha value is -2.04. The molecule has 0 bridgehead atoms. The SMILES string of the molecule is COc1ccc(CN=C(NCC(=O)N(C)C)NC2CCN(C(=O)C(C)C)CC2)cc1.I. The highest BCUT2D eigenvalue weighted by Crippen LogP contribution is 2.14. The lowest BCUT2D eigenvalue weighted by molar-refractivity contribution is -0.135. The van der Waals surface area contributed by atoms with E-state index in [1.54, 1.807) is 26.1 Å². The minimum atomic E-state index is -0.0219. The summed E-state index contributed by atoms with van der Waals surface area (Å²) in [6, 6.07) is 7.96. The van der Waals surface area contributed by atoms with E-state index in [2.05, 4.69) is 15.6 Å². The smallest absolute Gasteiger partial charge is 0.241 e. The van der Waals surface area contributed by atoms with Gasteiger partial charge in [-0.1, -0.05) is 26.0 Å². The van der Waals surface area contributed by atoms with Crippen molar-refractivity contribution < 1.29 is 14.3 Å². The summed E-state index contributed by atoms with van der Waals surface area (Å²) in [5, 5.41) is 6.57. The van der Waals surface area contributed by atoms with Crippen molar-refractivity contribution >= 4 is 41.8 Å². The minimum absolute atomic E-state index is 0. The summed E-state index contributed by atoms with van der Waals surface area (Å²) in [7, 11) is 5.10. The predicted octanol–water partition coefficient (Wildman–Crippen LogP) is 2.08. The first-order chi connectivity index (χ1) is 14.3. The normalized spacial score (nSPS) is 14.6. The number of hydrogen-bond acceptors (Lipinski definition) is 4. The number of rotatable bonds is 7. The van der Waals surface area contributed by atoms with E-state index in [0.717, 1.165) is 37.2 Å². The van der Waals surface area contributed by atoms with Crippen molar-refractivity contribution in [3.63, 3.8) is 0 Å². The van der Waals surface area contributed by atoms with Gasteiger partial charge in [0.2, 0.25) is 11.8 Å². The van der Waals surface area contributed by atoms with Crippen molar-refractivity contribution in [2.24, 2.45) is 10.9 Å². The monoisotopic (exact) mass is 545 g/mol. The van der Waals surface area contributed by atoms with E-state index in [-0.39, 0.29) is 54.3 Å². The van der Waals surface area contributed by atoms with Gasteiger partial charge in [0.15, 0.2) is 5.96 Å². The summed E-state index contributed by atoms with van der Waals surface area (Å²) in [6.07, 6.45) is 1.70. The summed E-state index contributed by atoms with van der Waals surface area (Å²) in [6.45, 7) is 5.99. The van der Waals surface area contributed by atoms with Crippen LogP contribution >= 0.6 is 24.0 Å². The van der Waals surface area contributed by atoms with Crippen LogP contribution in [0.2, 0.25) is 0 Å². The largest absolute Gasteiger partial charge is 0.497 e. The van der Waals surface area contributed by atoms with Gasteiger partial charge >= 0.3 is 0 Å². The molecule has 1 fully saturated rings. The highest BCUT2D eigenvalue weighted by molar-refractivity contribution is 14.0. The van der Waals surface area contributed by atoms with Gasteiger partial charge in [0.1, 0.15) is 5.75 Å². The maximum atomic E-state index is 12.2. The van der Waals surface area contributed by atoms with Gasteiger partial charge in [-0.25, -0.2) is 4.99 Å². The number of hydrogen-bond donors (Lipinski definition) is 2. The molecule has 0 radical (unpaired) electrons. The van der Waals surface area contributed by atoms with Crippen LogP contribution in [0.4, 0.5) is 0 Å². The molecule has 1 aliphatic rings. The number of carbonyl (C=O) groups excluding carboxylic acids is 2. The van der Waals surface area contributed by atoms with Crippen molar-refractivity contribution in [1.82, 2.24) is 20.4 Å². The molecule has 0 unspecified atom stereocenters. The van der Waals surface area contributed by atoms with Gasteiger partial charge in [-0.3, -0.25) is 9.59 Å². The van der Waals surface area contributed by atoms with Crippen molar-refractivity contribution in [2.75, 3.05) is 40.8 Å². The second-order valence-electron chi connectivity index (χ2n) is 8.05. The van der Waals surface area contributed by atoms with Crippen LogP contribution < -0.4 is 15.4 Å². The molecule has 1 heterocycles. The number of benzene rings is 1. The Bertz CT molecular complexity index is 729. The van der Waals surface area contributed by atoms with Gasteiger partial charge in [-0.15, -0.1) is 24.0 Å². The van der Waals surface area contributed by atoms with Crippen molar-refractivity contribution in [1.29, 1.82) is 0 Å². The third-order valence-corrected chi connectivity index (χ3v) is 5.13. The van der Waals surface area contributed by atoms with Crippen molar-refractivity contribution in [3.8, 4) is 5.75 Å². The van der Waals surface area contributed by atoms with Crippen LogP contribution in [-0.2, 0) is 16.1 Å². The number of likely N-dealkylation sites (tertiary alicyclic amines) is 1. The van der Waals surface area contributed by atoms with Gasteiger partial charge in [-0.2, -0.15) is 0 Å². The molecular weight excluding hydrogens is 509 g/mol. The molecule has 0 saturated carbocycles. The van der Waals surface area contributed by atoms with Crippen LogP contribution in [0, 0.1) is 5.92 Å². The molecule has 2 amide bonds. The van der Waals surface area contributed by atoms with Crippen LogP contribution in [-0.4, -0.2) is 74.5 Å². The van der Waals surface area contributed by atoms with E-state index in [1.807, 2.05) is 43.0 Å². The molecule has 1 aromatic carbocycles. The Morgan fingerprint density at radius 3 is 2.32 bits per heavy atom. The number of amides is 2. The van der Waals surface area contributed by atoms with Gasteiger partial charge < -0.3 is 25.2 Å². The molecule has 1 aliphatic heterocycles. The summed E-state index contributed by atoms with van der Waals surface area (Å²) >= 11 is 0. The Morgan fingerprint density at radius 1 is 1.19 bits per heavy atom. The predicted molar refractivity (Wildman–Crippen MR) is 134 cm³/mol. The highest BCUT2D eigenvalue weighted by atomic mass is 127. The van der Waals surface area contributed by atoms with E-state index in [0.29, 0.717) is 12.5 Å². The summed E-state index contributed by atoms with van der Waals surface area (Å²) in [5.74, 6) is 1.62. The molecule has 0 spiro atoms. The number of likely N-dealkylation sites (N-methyl/N-ethyl adjacent to an activating group) is 1. The molecule has 31 heavy (non-hydrogen) atoms. The summed E-state index contributed by atoms with van der Waals surface area (Å²) < 4.78 is 5.19.